The van der Waals surface area contributed by atoms with E-state index in [-0.39, 0.29) is 24.2 Å². The highest BCUT2D eigenvalue weighted by Crippen LogP contribution is 2.19. The van der Waals surface area contributed by atoms with E-state index in [0.717, 1.165) is 39.0 Å². The van der Waals surface area contributed by atoms with Crippen molar-refractivity contribution in [1.29, 1.82) is 0 Å². The molecule has 0 bridgehead atoms. The van der Waals surface area contributed by atoms with Crippen molar-refractivity contribution in [2.24, 2.45) is 5.92 Å². The molecule has 2 rings (SSSR count). The number of nitrogens with one attached hydrogen (secondary N) is 1. The molecule has 0 aliphatic carbocycles. The molecule has 2 fully saturated rings. The number of morpholine rings is 1. The zero-order valence-corrected chi connectivity index (χ0v) is 14.8. The molecule has 5 nitrogen and oxygen atoms in total. The first kappa shape index (κ1) is 17.7. The molecular weight excluding hydrogens is 278 g/mol. The molecule has 128 valence electrons. The Morgan fingerprint density at radius 1 is 1.14 bits per heavy atom. The molecule has 2 heterocycles. The lowest BCUT2D eigenvalue weighted by molar-refractivity contribution is -0.136. The van der Waals surface area contributed by atoms with Crippen LogP contribution in [0.3, 0.4) is 0 Å². The van der Waals surface area contributed by atoms with Gasteiger partial charge in [-0.1, -0.05) is 13.8 Å². The highest BCUT2D eigenvalue weighted by Gasteiger charge is 2.35. The molecule has 0 saturated carbocycles. The summed E-state index contributed by atoms with van der Waals surface area (Å²) in [6.45, 7) is 12.3. The molecule has 3 atom stereocenters. The van der Waals surface area contributed by atoms with E-state index >= 15 is 0 Å². The fourth-order valence-corrected chi connectivity index (χ4v) is 3.77. The van der Waals surface area contributed by atoms with Gasteiger partial charge in [0.25, 0.3) is 0 Å². The molecule has 0 aromatic heterocycles. The second-order valence-corrected chi connectivity index (χ2v) is 7.49. The van der Waals surface area contributed by atoms with Gasteiger partial charge < -0.3 is 15.0 Å². The van der Waals surface area contributed by atoms with Crippen LogP contribution in [0.1, 0.15) is 40.5 Å². The number of hydrogen-bond donors (Lipinski definition) is 1. The molecule has 0 spiro atoms. The zero-order chi connectivity index (χ0) is 16.3. The van der Waals surface area contributed by atoms with Crippen molar-refractivity contribution in [3.05, 3.63) is 0 Å². The van der Waals surface area contributed by atoms with Crippen molar-refractivity contribution in [3.63, 3.8) is 0 Å². The number of carbonyl (C=O) groups is 1. The molecule has 0 aromatic carbocycles. The Labute approximate surface area is 135 Å². The normalized spacial score (nSPS) is 30.5. The van der Waals surface area contributed by atoms with E-state index in [9.17, 15) is 4.79 Å². The maximum atomic E-state index is 12.8. The lowest BCUT2D eigenvalue weighted by Crippen LogP contribution is -2.58. The number of rotatable bonds is 4. The summed E-state index contributed by atoms with van der Waals surface area (Å²) >= 11 is 0. The highest BCUT2D eigenvalue weighted by atomic mass is 16.5. The van der Waals surface area contributed by atoms with Gasteiger partial charge >= 0.3 is 0 Å². The fourth-order valence-electron chi connectivity index (χ4n) is 3.77. The molecule has 2 saturated heterocycles. The molecule has 3 unspecified atom stereocenters. The van der Waals surface area contributed by atoms with Crippen LogP contribution < -0.4 is 5.32 Å². The number of piperidine rings is 1. The zero-order valence-electron chi connectivity index (χ0n) is 14.8. The smallest absolute Gasteiger partial charge is 0.237 e. The van der Waals surface area contributed by atoms with E-state index in [0.29, 0.717) is 12.0 Å². The fraction of sp³-hybridized carbons (Fsp3) is 0.941. The number of likely N-dealkylation sites (tertiary alicyclic amines) is 1. The summed E-state index contributed by atoms with van der Waals surface area (Å²) in [7, 11) is 2.14. The van der Waals surface area contributed by atoms with E-state index in [4.69, 9.17) is 4.74 Å². The van der Waals surface area contributed by atoms with Crippen LogP contribution in [0.25, 0.3) is 0 Å². The Morgan fingerprint density at radius 2 is 1.68 bits per heavy atom. The number of amides is 1. The van der Waals surface area contributed by atoms with Gasteiger partial charge in [0.05, 0.1) is 18.2 Å². The van der Waals surface area contributed by atoms with E-state index in [1.165, 1.54) is 0 Å². The van der Waals surface area contributed by atoms with Gasteiger partial charge in [0.2, 0.25) is 5.91 Å². The van der Waals surface area contributed by atoms with Gasteiger partial charge in [0.15, 0.2) is 0 Å². The van der Waals surface area contributed by atoms with Crippen molar-refractivity contribution in [2.45, 2.75) is 64.8 Å². The van der Waals surface area contributed by atoms with Crippen LogP contribution in [-0.2, 0) is 9.53 Å². The van der Waals surface area contributed by atoms with Gasteiger partial charge in [0, 0.05) is 19.1 Å². The molecular formula is C17H33N3O2. The van der Waals surface area contributed by atoms with Gasteiger partial charge in [-0.05, 0) is 52.7 Å². The average molecular weight is 311 g/mol. The Hall–Kier alpha value is -0.650. The predicted octanol–water partition coefficient (Wildman–Crippen LogP) is 1.33. The van der Waals surface area contributed by atoms with Crippen LogP contribution in [0.4, 0.5) is 0 Å². The van der Waals surface area contributed by atoms with Crippen LogP contribution >= 0.6 is 0 Å². The summed E-state index contributed by atoms with van der Waals surface area (Å²) in [5.41, 5.74) is 0. The summed E-state index contributed by atoms with van der Waals surface area (Å²) in [5, 5.41) is 3.30. The van der Waals surface area contributed by atoms with Crippen molar-refractivity contribution >= 4 is 5.91 Å². The van der Waals surface area contributed by atoms with Crippen LogP contribution in [0.15, 0.2) is 0 Å². The summed E-state index contributed by atoms with van der Waals surface area (Å²) in [4.78, 5) is 17.5. The van der Waals surface area contributed by atoms with E-state index in [2.05, 4.69) is 49.9 Å². The number of nitrogens with zero attached hydrogens (tertiary/aromatic N) is 2. The topological polar surface area (TPSA) is 44.8 Å². The molecule has 5 heteroatoms. The molecule has 0 aromatic rings. The first-order valence-electron chi connectivity index (χ1n) is 8.75. The van der Waals surface area contributed by atoms with Crippen molar-refractivity contribution in [2.75, 3.05) is 33.2 Å². The number of carbonyl (C=O) groups excluding carboxylic acids is 1. The Kier molecular flexibility index (Phi) is 6.24. The molecule has 1 N–H and O–H groups in total. The van der Waals surface area contributed by atoms with E-state index < -0.39 is 0 Å². The highest BCUT2D eigenvalue weighted by molar-refractivity contribution is 5.82. The maximum Gasteiger partial charge on any atom is 0.237 e. The van der Waals surface area contributed by atoms with Crippen LogP contribution in [0, 0.1) is 5.92 Å². The quantitative estimate of drug-likeness (QED) is 0.851. The SMILES string of the molecule is CC1CN(C(C(=O)NC2CCN(C)CC2)C(C)C)CC(C)O1. The Bertz CT molecular complexity index is 357. The summed E-state index contributed by atoms with van der Waals surface area (Å²) in [6.07, 6.45) is 2.51. The number of ether oxygens (including phenoxy) is 1. The van der Waals surface area contributed by atoms with Gasteiger partial charge in [-0.15, -0.1) is 0 Å². The van der Waals surface area contributed by atoms with Crippen molar-refractivity contribution < 1.29 is 9.53 Å². The van der Waals surface area contributed by atoms with Gasteiger partial charge in [-0.25, -0.2) is 0 Å². The third kappa shape index (κ3) is 4.67. The minimum Gasteiger partial charge on any atom is -0.373 e. The van der Waals surface area contributed by atoms with Crippen molar-refractivity contribution in [1.82, 2.24) is 15.1 Å². The lowest BCUT2D eigenvalue weighted by atomic mass is 9.98. The Balaban J connectivity index is 1.96. The van der Waals surface area contributed by atoms with Gasteiger partial charge in [-0.2, -0.15) is 0 Å². The van der Waals surface area contributed by atoms with E-state index in [1.54, 1.807) is 0 Å². The predicted molar refractivity (Wildman–Crippen MR) is 88.9 cm³/mol. The van der Waals surface area contributed by atoms with Gasteiger partial charge in [-0.3, -0.25) is 9.69 Å². The molecule has 2 aliphatic rings. The molecule has 22 heavy (non-hydrogen) atoms. The monoisotopic (exact) mass is 311 g/mol. The first-order valence-corrected chi connectivity index (χ1v) is 8.75. The minimum atomic E-state index is -0.0477. The van der Waals surface area contributed by atoms with E-state index in [1.807, 2.05) is 0 Å². The van der Waals surface area contributed by atoms with Crippen LogP contribution in [-0.4, -0.2) is 73.2 Å². The maximum absolute atomic E-state index is 12.8. The Morgan fingerprint density at radius 3 is 2.18 bits per heavy atom. The van der Waals surface area contributed by atoms with Gasteiger partial charge in [0.1, 0.15) is 0 Å². The standard InChI is InChI=1S/C17H33N3O2/c1-12(2)16(20-10-13(3)22-14(4)11-20)17(21)18-15-6-8-19(5)9-7-15/h12-16H,6-11H2,1-5H3,(H,18,21). The second kappa shape index (κ2) is 7.75. The van der Waals surface area contributed by atoms with Crippen LogP contribution in [0.2, 0.25) is 0 Å². The summed E-state index contributed by atoms with van der Waals surface area (Å²) in [5.74, 6) is 0.509. The third-order valence-electron chi connectivity index (χ3n) is 4.81. The lowest BCUT2D eigenvalue weighted by Gasteiger charge is -2.41. The summed E-state index contributed by atoms with van der Waals surface area (Å²) < 4.78 is 5.81. The average Bonchev–Trinajstić information content (AvgIpc) is 2.40. The summed E-state index contributed by atoms with van der Waals surface area (Å²) in [6, 6.07) is 0.286. The molecule has 1 amide bonds. The van der Waals surface area contributed by atoms with Crippen LogP contribution in [0.5, 0.6) is 0 Å². The molecule has 2 aliphatic heterocycles. The second-order valence-electron chi connectivity index (χ2n) is 7.49. The minimum absolute atomic E-state index is 0.0477. The molecule has 0 radical (unpaired) electrons. The largest absolute Gasteiger partial charge is 0.373 e. The first-order chi connectivity index (χ1) is 10.4. The third-order valence-corrected chi connectivity index (χ3v) is 4.81. The van der Waals surface area contributed by atoms with Crippen molar-refractivity contribution in [3.8, 4) is 0 Å². The number of hydrogen-bond acceptors (Lipinski definition) is 4.